The molecule has 6 nitrogen and oxygen atoms in total. The molecule has 30 heavy (non-hydrogen) atoms. The lowest BCUT2D eigenvalue weighted by Gasteiger charge is -2.47. The molecule has 0 radical (unpaired) electrons. The fourth-order valence-electron chi connectivity index (χ4n) is 5.06. The predicted octanol–water partition coefficient (Wildman–Crippen LogP) is 3.77. The molecule has 3 aliphatic rings. The minimum Gasteiger partial charge on any atom is -0.487 e. The number of hydrogen-bond acceptors (Lipinski definition) is 3. The Kier molecular flexibility index (Phi) is 6.21. The summed E-state index contributed by atoms with van der Waals surface area (Å²) in [5.41, 5.74) is 0.859. The van der Waals surface area contributed by atoms with Gasteiger partial charge >= 0.3 is 6.03 Å². The number of carbonyl (C=O) groups excluding carboxylic acids is 2. The second kappa shape index (κ2) is 8.86. The fourth-order valence-corrected chi connectivity index (χ4v) is 5.06. The van der Waals surface area contributed by atoms with E-state index >= 15 is 0 Å². The SMILES string of the molecule is CC(C)CNC(=O)C[C@@H]1CC2(CCN(C(=O)N3CCCC3)CC2)Oc2ccccc21. The highest BCUT2D eigenvalue weighted by atomic mass is 16.5. The number of ether oxygens (including phenoxy) is 1. The van der Waals surface area contributed by atoms with Gasteiger partial charge in [0.15, 0.2) is 0 Å². The highest BCUT2D eigenvalue weighted by molar-refractivity contribution is 5.77. The van der Waals surface area contributed by atoms with Crippen molar-refractivity contribution in [1.29, 1.82) is 0 Å². The van der Waals surface area contributed by atoms with E-state index in [-0.39, 0.29) is 23.5 Å². The molecule has 1 N–H and O–H groups in total. The Morgan fingerprint density at radius 1 is 1.10 bits per heavy atom. The van der Waals surface area contributed by atoms with Crippen molar-refractivity contribution >= 4 is 11.9 Å². The number of amides is 3. The first-order chi connectivity index (χ1) is 14.5. The summed E-state index contributed by atoms with van der Waals surface area (Å²) in [5, 5.41) is 3.07. The zero-order valence-corrected chi connectivity index (χ0v) is 18.4. The predicted molar refractivity (Wildman–Crippen MR) is 117 cm³/mol. The summed E-state index contributed by atoms with van der Waals surface area (Å²) >= 11 is 0. The third kappa shape index (κ3) is 4.57. The molecule has 164 valence electrons. The Bertz CT molecular complexity index is 765. The van der Waals surface area contributed by atoms with Crippen LogP contribution >= 0.6 is 0 Å². The molecule has 6 heteroatoms. The maximum atomic E-state index is 12.8. The van der Waals surface area contributed by atoms with Crippen LogP contribution in [0, 0.1) is 5.92 Å². The first-order valence-electron chi connectivity index (χ1n) is 11.5. The molecule has 2 fully saturated rings. The molecule has 1 atom stereocenters. The Morgan fingerprint density at radius 3 is 2.47 bits per heavy atom. The molecule has 2 saturated heterocycles. The minimum absolute atomic E-state index is 0.113. The van der Waals surface area contributed by atoms with Gasteiger partial charge in [0, 0.05) is 57.9 Å². The van der Waals surface area contributed by atoms with Gasteiger partial charge in [0.1, 0.15) is 11.4 Å². The van der Waals surface area contributed by atoms with Crippen molar-refractivity contribution in [1.82, 2.24) is 15.1 Å². The Morgan fingerprint density at radius 2 is 1.77 bits per heavy atom. The van der Waals surface area contributed by atoms with Crippen molar-refractivity contribution in [3.8, 4) is 5.75 Å². The number of rotatable bonds is 4. The van der Waals surface area contributed by atoms with Crippen LogP contribution in [-0.2, 0) is 4.79 Å². The first-order valence-corrected chi connectivity index (χ1v) is 11.5. The molecule has 1 spiro atoms. The summed E-state index contributed by atoms with van der Waals surface area (Å²) < 4.78 is 6.54. The van der Waals surface area contributed by atoms with Crippen LogP contribution in [-0.4, -0.2) is 60.1 Å². The van der Waals surface area contributed by atoms with Gasteiger partial charge < -0.3 is 19.9 Å². The minimum atomic E-state index is -0.279. The monoisotopic (exact) mass is 413 g/mol. The van der Waals surface area contributed by atoms with Crippen molar-refractivity contribution in [2.45, 2.75) is 63.9 Å². The van der Waals surface area contributed by atoms with Gasteiger partial charge in [-0.3, -0.25) is 4.79 Å². The summed E-state index contributed by atoms with van der Waals surface area (Å²) in [6.45, 7) is 8.15. The first kappa shape index (κ1) is 21.0. The molecule has 0 aromatic heterocycles. The number of nitrogens with zero attached hydrogens (tertiary/aromatic N) is 2. The Labute approximate surface area is 179 Å². The van der Waals surface area contributed by atoms with E-state index in [9.17, 15) is 9.59 Å². The van der Waals surface area contributed by atoms with Crippen LogP contribution in [0.1, 0.15) is 63.9 Å². The van der Waals surface area contributed by atoms with Crippen LogP contribution in [0.4, 0.5) is 4.79 Å². The summed E-state index contributed by atoms with van der Waals surface area (Å²) in [6, 6.07) is 8.32. The maximum Gasteiger partial charge on any atom is 0.320 e. The topological polar surface area (TPSA) is 61.9 Å². The molecule has 0 bridgehead atoms. The fraction of sp³-hybridized carbons (Fsp3) is 0.667. The molecule has 0 unspecified atom stereocenters. The summed E-state index contributed by atoms with van der Waals surface area (Å²) in [5.74, 6) is 1.62. The number of fused-ring (bicyclic) bond motifs is 1. The van der Waals surface area contributed by atoms with Crippen LogP contribution in [0.5, 0.6) is 5.75 Å². The van der Waals surface area contributed by atoms with E-state index in [1.165, 1.54) is 0 Å². The number of benzene rings is 1. The van der Waals surface area contributed by atoms with E-state index in [0.29, 0.717) is 18.9 Å². The molecule has 3 aliphatic heterocycles. The summed E-state index contributed by atoms with van der Waals surface area (Å²) in [4.78, 5) is 29.3. The van der Waals surface area contributed by atoms with E-state index in [2.05, 4.69) is 25.2 Å². The second-order valence-corrected chi connectivity index (χ2v) is 9.59. The lowest BCUT2D eigenvalue weighted by molar-refractivity contribution is -0.122. The molecule has 3 amide bonds. The second-order valence-electron chi connectivity index (χ2n) is 9.59. The van der Waals surface area contributed by atoms with Crippen molar-refractivity contribution in [2.75, 3.05) is 32.7 Å². The van der Waals surface area contributed by atoms with E-state index in [0.717, 1.165) is 69.6 Å². The van der Waals surface area contributed by atoms with Gasteiger partial charge in [0.2, 0.25) is 5.91 Å². The standard InChI is InChI=1S/C24H35N3O3/c1-18(2)17-25-22(28)15-19-16-24(30-21-8-4-3-7-20(19)21)9-13-27(14-10-24)23(29)26-11-5-6-12-26/h3-4,7-8,18-19H,5-6,9-17H2,1-2H3,(H,25,28)/t19-/m1/s1. The van der Waals surface area contributed by atoms with E-state index < -0.39 is 0 Å². The van der Waals surface area contributed by atoms with Gasteiger partial charge in [-0.05, 0) is 36.8 Å². The largest absolute Gasteiger partial charge is 0.487 e. The molecule has 0 aliphatic carbocycles. The number of carbonyl (C=O) groups is 2. The van der Waals surface area contributed by atoms with Crippen molar-refractivity contribution in [3.63, 3.8) is 0 Å². The Hall–Kier alpha value is -2.24. The van der Waals surface area contributed by atoms with Crippen LogP contribution < -0.4 is 10.1 Å². The smallest absolute Gasteiger partial charge is 0.320 e. The van der Waals surface area contributed by atoms with Crippen molar-refractivity contribution in [2.24, 2.45) is 5.92 Å². The molecule has 1 aromatic carbocycles. The van der Waals surface area contributed by atoms with Gasteiger partial charge in [0.25, 0.3) is 0 Å². The normalized spacial score (nSPS) is 22.7. The van der Waals surface area contributed by atoms with Crippen LogP contribution in [0.2, 0.25) is 0 Å². The van der Waals surface area contributed by atoms with E-state index in [1.54, 1.807) is 0 Å². The molecular weight excluding hydrogens is 378 g/mol. The zero-order valence-electron chi connectivity index (χ0n) is 18.4. The average Bonchev–Trinajstić information content (AvgIpc) is 3.27. The maximum absolute atomic E-state index is 12.8. The van der Waals surface area contributed by atoms with Crippen LogP contribution in [0.3, 0.4) is 0 Å². The Balaban J connectivity index is 1.43. The molecule has 0 saturated carbocycles. The highest BCUT2D eigenvalue weighted by Crippen LogP contribution is 2.46. The van der Waals surface area contributed by atoms with Crippen molar-refractivity contribution in [3.05, 3.63) is 29.8 Å². The van der Waals surface area contributed by atoms with Gasteiger partial charge in [-0.25, -0.2) is 4.79 Å². The molecule has 3 heterocycles. The number of hydrogen-bond donors (Lipinski definition) is 1. The lowest BCUT2D eigenvalue weighted by Crippen LogP contribution is -2.54. The molecule has 1 aromatic rings. The third-order valence-electron chi connectivity index (χ3n) is 6.76. The number of nitrogens with one attached hydrogen (secondary N) is 1. The lowest BCUT2D eigenvalue weighted by atomic mass is 9.76. The number of likely N-dealkylation sites (tertiary alicyclic amines) is 2. The summed E-state index contributed by atoms with van der Waals surface area (Å²) in [6.07, 6.45) is 5.21. The highest BCUT2D eigenvalue weighted by Gasteiger charge is 2.44. The number of piperidine rings is 1. The van der Waals surface area contributed by atoms with Crippen LogP contribution in [0.25, 0.3) is 0 Å². The van der Waals surface area contributed by atoms with E-state index in [1.807, 2.05) is 28.0 Å². The molecule has 4 rings (SSSR count). The number of para-hydroxylation sites is 1. The van der Waals surface area contributed by atoms with Gasteiger partial charge in [-0.2, -0.15) is 0 Å². The van der Waals surface area contributed by atoms with Crippen molar-refractivity contribution < 1.29 is 14.3 Å². The zero-order chi connectivity index (χ0) is 21.1. The van der Waals surface area contributed by atoms with Gasteiger partial charge in [-0.1, -0.05) is 32.0 Å². The molecular formula is C24H35N3O3. The average molecular weight is 414 g/mol. The van der Waals surface area contributed by atoms with E-state index in [4.69, 9.17) is 4.74 Å². The van der Waals surface area contributed by atoms with Gasteiger partial charge in [0.05, 0.1) is 0 Å². The quantitative estimate of drug-likeness (QED) is 0.817. The summed E-state index contributed by atoms with van der Waals surface area (Å²) in [7, 11) is 0. The van der Waals surface area contributed by atoms with Crippen LogP contribution in [0.15, 0.2) is 24.3 Å². The van der Waals surface area contributed by atoms with Gasteiger partial charge in [-0.15, -0.1) is 0 Å². The number of urea groups is 1. The third-order valence-corrected chi connectivity index (χ3v) is 6.76.